The summed E-state index contributed by atoms with van der Waals surface area (Å²) in [5, 5.41) is 3.44. The van der Waals surface area contributed by atoms with Gasteiger partial charge in [-0.05, 0) is 43.1 Å². The van der Waals surface area contributed by atoms with Crippen LogP contribution in [0.3, 0.4) is 0 Å². The first-order chi connectivity index (χ1) is 13.0. The fraction of sp³-hybridized carbons (Fsp3) is 0.600. The number of amides is 1. The summed E-state index contributed by atoms with van der Waals surface area (Å²) in [7, 11) is 1.83. The highest BCUT2D eigenvalue weighted by Gasteiger charge is 2.25. The van der Waals surface area contributed by atoms with Crippen LogP contribution in [0.25, 0.3) is 0 Å². The molecule has 1 amide bonds. The van der Waals surface area contributed by atoms with E-state index in [1.165, 1.54) is 6.42 Å². The van der Waals surface area contributed by atoms with E-state index in [0.717, 1.165) is 44.2 Å². The summed E-state index contributed by atoms with van der Waals surface area (Å²) in [6.45, 7) is 10.4. The van der Waals surface area contributed by atoms with Crippen LogP contribution in [0.4, 0.5) is 0 Å². The van der Waals surface area contributed by atoms with Gasteiger partial charge in [-0.25, -0.2) is 0 Å². The van der Waals surface area contributed by atoms with Gasteiger partial charge in [-0.2, -0.15) is 0 Å². The Labute approximate surface area is 162 Å². The number of hydrogen-bond donors (Lipinski definition) is 2. The van der Waals surface area contributed by atoms with Crippen molar-refractivity contribution in [2.75, 3.05) is 46.4 Å². The summed E-state index contributed by atoms with van der Waals surface area (Å²) in [4.78, 5) is 20.1. The van der Waals surface area contributed by atoms with Gasteiger partial charge in [0.15, 0.2) is 12.6 Å². The second-order valence-electron chi connectivity index (χ2n) is 6.89. The largest absolute Gasteiger partial charge is 0.484 e. The summed E-state index contributed by atoms with van der Waals surface area (Å²) in [5.41, 5.74) is 6.19. The lowest BCUT2D eigenvalue weighted by Gasteiger charge is -2.24. The summed E-state index contributed by atoms with van der Waals surface area (Å²) in [6.07, 6.45) is 1.20. The van der Waals surface area contributed by atoms with E-state index in [9.17, 15) is 4.79 Å². The normalized spacial score (nSPS) is 17.4. The van der Waals surface area contributed by atoms with Crippen molar-refractivity contribution in [1.82, 2.24) is 15.1 Å². The maximum atomic E-state index is 10.9. The van der Waals surface area contributed by atoms with E-state index in [4.69, 9.17) is 10.5 Å². The molecule has 0 radical (unpaired) electrons. The monoisotopic (exact) mass is 375 g/mol. The second kappa shape index (κ2) is 10.8. The van der Waals surface area contributed by atoms with E-state index in [1.54, 1.807) is 0 Å². The van der Waals surface area contributed by atoms with Gasteiger partial charge in [-0.1, -0.05) is 26.0 Å². The van der Waals surface area contributed by atoms with Gasteiger partial charge in [0.1, 0.15) is 5.75 Å². The first-order valence-electron chi connectivity index (χ1n) is 9.73. The third-order valence-electron chi connectivity index (χ3n) is 4.94. The smallest absolute Gasteiger partial charge is 0.255 e. The molecule has 1 aromatic rings. The number of primary amides is 1. The summed E-state index contributed by atoms with van der Waals surface area (Å²) >= 11 is 0. The fourth-order valence-corrected chi connectivity index (χ4v) is 3.43. The molecule has 2 rings (SSSR count). The predicted molar refractivity (Wildman–Crippen MR) is 109 cm³/mol. The highest BCUT2D eigenvalue weighted by atomic mass is 16.5. The Kier molecular flexibility index (Phi) is 8.39. The quantitative estimate of drug-likeness (QED) is 0.502. The number of likely N-dealkylation sites (tertiary alicyclic amines) is 1. The Balaban J connectivity index is 1.85. The van der Waals surface area contributed by atoms with Crippen molar-refractivity contribution in [3.8, 4) is 5.75 Å². The van der Waals surface area contributed by atoms with Gasteiger partial charge in [0.2, 0.25) is 0 Å². The molecule has 3 N–H and O–H groups in total. The van der Waals surface area contributed by atoms with Gasteiger partial charge >= 0.3 is 0 Å². The van der Waals surface area contributed by atoms with Crippen LogP contribution in [0, 0.1) is 5.92 Å². The van der Waals surface area contributed by atoms with E-state index in [1.807, 2.05) is 31.3 Å². The molecule has 0 spiro atoms. The summed E-state index contributed by atoms with van der Waals surface area (Å²) in [6, 6.07) is 7.66. The maximum absolute atomic E-state index is 10.9. The number of carbonyl (C=O) groups excluding carboxylic acids is 1. The Morgan fingerprint density at radius 2 is 2.19 bits per heavy atom. The summed E-state index contributed by atoms with van der Waals surface area (Å²) < 4.78 is 5.37. The average molecular weight is 376 g/mol. The van der Waals surface area contributed by atoms with Crippen LogP contribution in [0.2, 0.25) is 0 Å². The van der Waals surface area contributed by atoms with E-state index < -0.39 is 5.91 Å². The minimum atomic E-state index is -0.479. The van der Waals surface area contributed by atoms with Gasteiger partial charge in [-0.15, -0.1) is 0 Å². The lowest BCUT2D eigenvalue weighted by Crippen LogP contribution is -2.40. The molecule has 1 aliphatic heterocycles. The number of nitrogens with zero attached hydrogens (tertiary/aromatic N) is 3. The van der Waals surface area contributed by atoms with Crippen molar-refractivity contribution in [3.05, 3.63) is 29.8 Å². The molecule has 1 heterocycles. The molecular formula is C20H33N5O2. The minimum absolute atomic E-state index is 0.111. The number of hydrogen-bond acceptors (Lipinski definition) is 4. The van der Waals surface area contributed by atoms with Gasteiger partial charge in [0, 0.05) is 33.2 Å². The Bertz CT molecular complexity index is 631. The van der Waals surface area contributed by atoms with Crippen molar-refractivity contribution in [2.45, 2.75) is 26.8 Å². The Hall–Kier alpha value is -2.28. The molecule has 1 aliphatic rings. The van der Waals surface area contributed by atoms with Crippen LogP contribution in [-0.4, -0.2) is 68.0 Å². The zero-order valence-electron chi connectivity index (χ0n) is 16.8. The third kappa shape index (κ3) is 6.75. The molecule has 0 aliphatic carbocycles. The first kappa shape index (κ1) is 21.0. The van der Waals surface area contributed by atoms with E-state index in [-0.39, 0.29) is 6.61 Å². The molecule has 0 bridgehead atoms. The number of ether oxygens (including phenoxy) is 1. The van der Waals surface area contributed by atoms with E-state index >= 15 is 0 Å². The molecule has 1 saturated heterocycles. The lowest BCUT2D eigenvalue weighted by molar-refractivity contribution is -0.119. The number of nitrogens with one attached hydrogen (secondary N) is 1. The Morgan fingerprint density at radius 3 is 2.85 bits per heavy atom. The second-order valence-corrected chi connectivity index (χ2v) is 6.89. The standard InChI is InChI=1S/C20H33N5O2/c1-4-24(5-2)13-17-9-10-25(14-17)20(22-3)23-12-16-7-6-8-18(11-16)27-15-19(21)26/h6-8,11,17H,4-5,9-10,12-15H2,1-3H3,(H2,21,26)(H,22,23). The van der Waals surface area contributed by atoms with Gasteiger partial charge < -0.3 is 25.6 Å². The van der Waals surface area contributed by atoms with Crippen molar-refractivity contribution < 1.29 is 9.53 Å². The molecular weight excluding hydrogens is 342 g/mol. The average Bonchev–Trinajstić information content (AvgIpc) is 3.13. The molecule has 1 unspecified atom stereocenters. The van der Waals surface area contributed by atoms with Crippen LogP contribution < -0.4 is 15.8 Å². The molecule has 27 heavy (non-hydrogen) atoms. The van der Waals surface area contributed by atoms with Crippen LogP contribution in [0.1, 0.15) is 25.8 Å². The number of aliphatic imine (C=N–C) groups is 1. The maximum Gasteiger partial charge on any atom is 0.255 e. The van der Waals surface area contributed by atoms with Gasteiger partial charge in [-0.3, -0.25) is 9.79 Å². The van der Waals surface area contributed by atoms with Crippen LogP contribution in [-0.2, 0) is 11.3 Å². The summed E-state index contributed by atoms with van der Waals surface area (Å²) in [5.74, 6) is 1.78. The third-order valence-corrected chi connectivity index (χ3v) is 4.94. The zero-order valence-corrected chi connectivity index (χ0v) is 16.8. The van der Waals surface area contributed by atoms with Crippen LogP contribution in [0.15, 0.2) is 29.3 Å². The number of carbonyl (C=O) groups is 1. The first-order valence-corrected chi connectivity index (χ1v) is 9.73. The minimum Gasteiger partial charge on any atom is -0.484 e. The number of rotatable bonds is 9. The number of guanidine groups is 1. The zero-order chi connectivity index (χ0) is 19.6. The van der Waals surface area contributed by atoms with Gasteiger partial charge in [0.25, 0.3) is 5.91 Å². The molecule has 7 heteroatoms. The number of benzene rings is 1. The van der Waals surface area contributed by atoms with Gasteiger partial charge in [0.05, 0.1) is 0 Å². The molecule has 7 nitrogen and oxygen atoms in total. The molecule has 150 valence electrons. The molecule has 1 fully saturated rings. The van der Waals surface area contributed by atoms with Crippen molar-refractivity contribution >= 4 is 11.9 Å². The lowest BCUT2D eigenvalue weighted by atomic mass is 10.1. The molecule has 0 saturated carbocycles. The fourth-order valence-electron chi connectivity index (χ4n) is 3.43. The predicted octanol–water partition coefficient (Wildman–Crippen LogP) is 1.29. The highest BCUT2D eigenvalue weighted by molar-refractivity contribution is 5.80. The van der Waals surface area contributed by atoms with Crippen molar-refractivity contribution in [1.29, 1.82) is 0 Å². The molecule has 0 aromatic heterocycles. The highest BCUT2D eigenvalue weighted by Crippen LogP contribution is 2.18. The van der Waals surface area contributed by atoms with E-state index in [2.05, 4.69) is 34.0 Å². The Morgan fingerprint density at radius 1 is 1.41 bits per heavy atom. The SMILES string of the molecule is CCN(CC)CC1CCN(C(=NC)NCc2cccc(OCC(N)=O)c2)C1. The van der Waals surface area contributed by atoms with Crippen molar-refractivity contribution in [3.63, 3.8) is 0 Å². The van der Waals surface area contributed by atoms with Crippen LogP contribution >= 0.6 is 0 Å². The molecule has 1 atom stereocenters. The van der Waals surface area contributed by atoms with Crippen LogP contribution in [0.5, 0.6) is 5.75 Å². The van der Waals surface area contributed by atoms with Crippen molar-refractivity contribution in [2.24, 2.45) is 16.6 Å². The van der Waals surface area contributed by atoms with E-state index in [0.29, 0.717) is 18.2 Å². The number of nitrogens with two attached hydrogens (primary N) is 1. The topological polar surface area (TPSA) is 83.2 Å². The molecule has 1 aromatic carbocycles.